The number of ether oxygens (including phenoxy) is 3. The van der Waals surface area contributed by atoms with E-state index in [1.807, 2.05) is 0 Å². The van der Waals surface area contributed by atoms with Gasteiger partial charge >= 0.3 is 11.9 Å². The number of hydrogen-bond acceptors (Lipinski definition) is 7. The highest BCUT2D eigenvalue weighted by Gasteiger charge is 2.69. The molecule has 0 amide bonds. The molecule has 3 aliphatic carbocycles. The normalized spacial score (nSPS) is 41.7. The van der Waals surface area contributed by atoms with Crippen LogP contribution in [0.25, 0.3) is 0 Å². The topological polar surface area (TPSA) is 92.0 Å². The van der Waals surface area contributed by atoms with Crippen molar-refractivity contribution in [1.82, 2.24) is 0 Å². The average molecular weight is 515 g/mol. The summed E-state index contributed by atoms with van der Waals surface area (Å²) in [6.07, 6.45) is 4.14. The summed E-state index contributed by atoms with van der Waals surface area (Å²) in [7, 11) is 0. The lowest BCUT2D eigenvalue weighted by molar-refractivity contribution is -0.255. The van der Waals surface area contributed by atoms with Gasteiger partial charge in [-0.15, -0.1) is 0 Å². The standard InChI is InChI=1S/C30H42O7/c1-16-13-20(33)19-14-24-28(6)11-9-22-27(4,5)25(36-18(3)32)21(35-17(2)31)15-29(22,7)23(28)10-12-30(24,8)37-26(19)34-16/h13,21-25H,9-12,14-15H2,1-8H3. The summed E-state index contributed by atoms with van der Waals surface area (Å²) in [5, 5.41) is 0. The summed E-state index contributed by atoms with van der Waals surface area (Å²) in [5.41, 5.74) is -0.339. The first-order chi connectivity index (χ1) is 17.1. The van der Waals surface area contributed by atoms with Crippen molar-refractivity contribution < 1.29 is 28.2 Å². The zero-order valence-electron chi connectivity index (χ0n) is 23.6. The molecule has 7 nitrogen and oxygen atoms in total. The van der Waals surface area contributed by atoms with Crippen LogP contribution in [0.4, 0.5) is 0 Å². The van der Waals surface area contributed by atoms with E-state index in [9.17, 15) is 14.4 Å². The number of aryl methyl sites for hydroxylation is 1. The van der Waals surface area contributed by atoms with Gasteiger partial charge in [0.2, 0.25) is 0 Å². The molecule has 1 aromatic rings. The third-order valence-corrected chi connectivity index (χ3v) is 10.9. The first-order valence-electron chi connectivity index (χ1n) is 13.8. The van der Waals surface area contributed by atoms with Crippen LogP contribution in [0, 0.1) is 40.9 Å². The lowest BCUT2D eigenvalue weighted by atomic mass is 9.37. The van der Waals surface area contributed by atoms with Crippen molar-refractivity contribution in [3.05, 3.63) is 27.6 Å². The lowest BCUT2D eigenvalue weighted by Gasteiger charge is -2.69. The molecule has 37 heavy (non-hydrogen) atoms. The molecule has 0 aromatic carbocycles. The second-order valence-electron chi connectivity index (χ2n) is 13.6. The summed E-state index contributed by atoms with van der Waals surface area (Å²) in [6.45, 7) is 15.9. The minimum Gasteiger partial charge on any atom is -0.459 e. The fourth-order valence-electron chi connectivity index (χ4n) is 9.65. The summed E-state index contributed by atoms with van der Waals surface area (Å²) in [4.78, 5) is 37.2. The molecular weight excluding hydrogens is 472 g/mol. The SMILES string of the molecule is CC(=O)OC1CC2(C)C(CCC3(C)C4Cc5c(oc(C)cc5=O)OC4(C)CCC32)C(C)(C)C1OC(C)=O. The molecule has 0 radical (unpaired) electrons. The number of hydrogen-bond donors (Lipinski definition) is 0. The summed E-state index contributed by atoms with van der Waals surface area (Å²) in [6, 6.07) is 1.56. The van der Waals surface area contributed by atoms with Gasteiger partial charge in [0, 0.05) is 31.2 Å². The number of rotatable bonds is 2. The quantitative estimate of drug-likeness (QED) is 0.489. The van der Waals surface area contributed by atoms with Gasteiger partial charge in [-0.3, -0.25) is 14.4 Å². The van der Waals surface area contributed by atoms with E-state index in [0.29, 0.717) is 41.9 Å². The monoisotopic (exact) mass is 514 g/mol. The molecule has 3 saturated carbocycles. The fraction of sp³-hybridized carbons (Fsp3) is 0.767. The van der Waals surface area contributed by atoms with Crippen LogP contribution < -0.4 is 10.2 Å². The largest absolute Gasteiger partial charge is 0.459 e. The van der Waals surface area contributed by atoms with Crippen molar-refractivity contribution in [3.63, 3.8) is 0 Å². The van der Waals surface area contributed by atoms with Gasteiger partial charge in [-0.2, -0.15) is 0 Å². The first kappa shape index (κ1) is 26.3. The molecule has 3 fully saturated rings. The molecule has 204 valence electrons. The third kappa shape index (κ3) is 3.85. The highest BCUT2D eigenvalue weighted by atomic mass is 16.6. The van der Waals surface area contributed by atoms with Crippen molar-refractivity contribution in [3.8, 4) is 5.95 Å². The minimum atomic E-state index is -0.494. The maximum absolute atomic E-state index is 12.9. The van der Waals surface area contributed by atoms with Crippen molar-refractivity contribution >= 4 is 11.9 Å². The van der Waals surface area contributed by atoms with Gasteiger partial charge in [0.05, 0.1) is 5.56 Å². The zero-order chi connectivity index (χ0) is 27.1. The first-order valence-corrected chi connectivity index (χ1v) is 13.8. The Balaban J connectivity index is 1.56. The van der Waals surface area contributed by atoms with Crippen molar-refractivity contribution in [2.45, 2.75) is 112 Å². The Bertz CT molecular complexity index is 1180. The second kappa shape index (κ2) is 8.34. The van der Waals surface area contributed by atoms with Crippen LogP contribution in [0.3, 0.4) is 0 Å². The highest BCUT2D eigenvalue weighted by Crippen LogP contribution is 2.71. The zero-order valence-corrected chi connectivity index (χ0v) is 23.6. The number of carbonyl (C=O) groups excluding carboxylic acids is 2. The number of fused-ring (bicyclic) bond motifs is 6. The van der Waals surface area contributed by atoms with Gasteiger partial charge in [0.1, 0.15) is 23.6 Å². The van der Waals surface area contributed by atoms with E-state index in [0.717, 1.165) is 25.7 Å². The molecule has 8 atom stereocenters. The summed E-state index contributed by atoms with van der Waals surface area (Å²) in [5.74, 6) is 1.06. The van der Waals surface area contributed by atoms with E-state index in [2.05, 4.69) is 34.6 Å². The number of esters is 2. The highest BCUT2D eigenvalue weighted by molar-refractivity contribution is 5.67. The smallest absolute Gasteiger partial charge is 0.303 e. The van der Waals surface area contributed by atoms with Crippen molar-refractivity contribution in [2.24, 2.45) is 34.0 Å². The molecule has 4 aliphatic rings. The molecule has 8 unspecified atom stereocenters. The number of carbonyl (C=O) groups is 2. The van der Waals surface area contributed by atoms with Gasteiger partial charge in [0.25, 0.3) is 5.95 Å². The molecule has 0 spiro atoms. The summed E-state index contributed by atoms with van der Waals surface area (Å²) < 4.78 is 24.2. The molecule has 7 heteroatoms. The summed E-state index contributed by atoms with van der Waals surface area (Å²) >= 11 is 0. The minimum absolute atomic E-state index is 0.00985. The van der Waals surface area contributed by atoms with Crippen LogP contribution in [-0.4, -0.2) is 29.7 Å². The Hall–Kier alpha value is -2.31. The van der Waals surface area contributed by atoms with Crippen LogP contribution in [0.2, 0.25) is 0 Å². The van der Waals surface area contributed by atoms with Crippen LogP contribution in [0.1, 0.15) is 91.9 Å². The Labute approximate surface area is 219 Å². The van der Waals surface area contributed by atoms with E-state index in [4.69, 9.17) is 18.6 Å². The van der Waals surface area contributed by atoms with E-state index in [1.165, 1.54) is 13.8 Å². The molecule has 1 aliphatic heterocycles. The molecule has 0 N–H and O–H groups in total. The van der Waals surface area contributed by atoms with Gasteiger partial charge in [-0.05, 0) is 75.0 Å². The Kier molecular flexibility index (Phi) is 5.93. The lowest BCUT2D eigenvalue weighted by Crippen LogP contribution is -2.68. The van der Waals surface area contributed by atoms with Crippen LogP contribution in [0.15, 0.2) is 15.3 Å². The van der Waals surface area contributed by atoms with E-state index in [-0.39, 0.29) is 39.5 Å². The van der Waals surface area contributed by atoms with Gasteiger partial charge in [0.15, 0.2) is 5.43 Å². The van der Waals surface area contributed by atoms with Crippen LogP contribution in [-0.2, 0) is 25.5 Å². The van der Waals surface area contributed by atoms with Crippen molar-refractivity contribution in [2.75, 3.05) is 0 Å². The van der Waals surface area contributed by atoms with Gasteiger partial charge in [-0.1, -0.05) is 27.7 Å². The average Bonchev–Trinajstić information content (AvgIpc) is 2.74. The predicted molar refractivity (Wildman–Crippen MR) is 137 cm³/mol. The van der Waals surface area contributed by atoms with E-state index in [1.54, 1.807) is 13.0 Å². The van der Waals surface area contributed by atoms with Gasteiger partial charge < -0.3 is 18.6 Å². The fourth-order valence-corrected chi connectivity index (χ4v) is 9.65. The Morgan fingerprint density at radius 1 is 0.919 bits per heavy atom. The molecule has 0 bridgehead atoms. The Morgan fingerprint density at radius 2 is 1.57 bits per heavy atom. The molecule has 0 saturated heterocycles. The second-order valence-corrected chi connectivity index (χ2v) is 13.6. The molecule has 1 aromatic heterocycles. The molecule has 5 rings (SSSR count). The molecule has 2 heterocycles. The van der Waals surface area contributed by atoms with Crippen LogP contribution >= 0.6 is 0 Å². The maximum atomic E-state index is 12.9. The van der Waals surface area contributed by atoms with E-state index >= 15 is 0 Å². The maximum Gasteiger partial charge on any atom is 0.303 e. The Morgan fingerprint density at radius 3 is 2.22 bits per heavy atom. The van der Waals surface area contributed by atoms with Gasteiger partial charge in [-0.25, -0.2) is 0 Å². The third-order valence-electron chi connectivity index (χ3n) is 10.9. The molecular formula is C30H42O7. The van der Waals surface area contributed by atoms with E-state index < -0.39 is 17.8 Å². The van der Waals surface area contributed by atoms with Crippen molar-refractivity contribution in [1.29, 1.82) is 0 Å². The predicted octanol–water partition coefficient (Wildman–Crippen LogP) is 5.38. The van der Waals surface area contributed by atoms with Crippen LogP contribution in [0.5, 0.6) is 5.95 Å².